The minimum Gasteiger partial charge on any atom is -0.481 e. The van der Waals surface area contributed by atoms with Gasteiger partial charge in [0.2, 0.25) is 0 Å². The highest BCUT2D eigenvalue weighted by Gasteiger charge is 2.59. The van der Waals surface area contributed by atoms with Crippen molar-refractivity contribution in [2.24, 2.45) is 11.3 Å². The molecular formula is C24H25Cl2NO2. The molecule has 1 aliphatic heterocycles. The molecule has 5 rings (SSSR count). The lowest BCUT2D eigenvalue weighted by Crippen LogP contribution is -2.70. The molecule has 0 amide bonds. The Morgan fingerprint density at radius 3 is 2.55 bits per heavy atom. The fourth-order valence-electron chi connectivity index (χ4n) is 5.82. The molecule has 2 aromatic carbocycles. The summed E-state index contributed by atoms with van der Waals surface area (Å²) in [6, 6.07) is 13.0. The second-order valence-electron chi connectivity index (χ2n) is 9.04. The number of benzene rings is 2. The standard InChI is InChI=1S/C24H25Cl2NO2/c25-20-2-1-3-21(26)19(20)8-5-14-4-7-17-15(10-14)6-9-18(17)22-24(13-27-22)11-16(12-24)23(28)29/h1-4,7,10,16,18,22,27H,5-6,8-9,11-13H2,(H,28,29). The Morgan fingerprint density at radius 2 is 1.90 bits per heavy atom. The van der Waals surface area contributed by atoms with Gasteiger partial charge in [-0.3, -0.25) is 4.79 Å². The van der Waals surface area contributed by atoms with Crippen molar-refractivity contribution in [3.05, 3.63) is 68.7 Å². The van der Waals surface area contributed by atoms with Gasteiger partial charge in [0.1, 0.15) is 0 Å². The number of hydrogen-bond donors (Lipinski definition) is 2. The molecular weight excluding hydrogens is 405 g/mol. The molecule has 0 radical (unpaired) electrons. The van der Waals surface area contributed by atoms with Gasteiger partial charge in [-0.2, -0.15) is 0 Å². The van der Waals surface area contributed by atoms with Crippen LogP contribution in [0.4, 0.5) is 0 Å². The average Bonchev–Trinajstić information content (AvgIpc) is 3.02. The molecule has 0 bridgehead atoms. The summed E-state index contributed by atoms with van der Waals surface area (Å²) >= 11 is 12.6. The van der Waals surface area contributed by atoms with Crippen molar-refractivity contribution in [3.8, 4) is 0 Å². The van der Waals surface area contributed by atoms with Crippen molar-refractivity contribution in [1.82, 2.24) is 5.32 Å². The Balaban J connectivity index is 1.28. The zero-order valence-corrected chi connectivity index (χ0v) is 17.8. The van der Waals surface area contributed by atoms with Crippen LogP contribution in [0.1, 0.15) is 47.4 Å². The maximum atomic E-state index is 11.2. The first kappa shape index (κ1) is 19.4. The highest BCUT2D eigenvalue weighted by atomic mass is 35.5. The maximum absolute atomic E-state index is 11.2. The van der Waals surface area contributed by atoms with Gasteiger partial charge in [0.25, 0.3) is 0 Å². The molecule has 1 saturated heterocycles. The largest absolute Gasteiger partial charge is 0.481 e. The van der Waals surface area contributed by atoms with Gasteiger partial charge in [-0.15, -0.1) is 0 Å². The lowest BCUT2D eigenvalue weighted by molar-refractivity contribution is -0.157. The van der Waals surface area contributed by atoms with Gasteiger partial charge in [-0.1, -0.05) is 47.5 Å². The lowest BCUT2D eigenvalue weighted by Gasteiger charge is -2.61. The van der Waals surface area contributed by atoms with Crippen LogP contribution in [0.3, 0.4) is 0 Å². The van der Waals surface area contributed by atoms with Gasteiger partial charge in [0.05, 0.1) is 5.92 Å². The minimum atomic E-state index is -0.628. The fraction of sp³-hybridized carbons (Fsp3) is 0.458. The zero-order valence-electron chi connectivity index (χ0n) is 16.3. The van der Waals surface area contributed by atoms with Crippen LogP contribution in [0.25, 0.3) is 0 Å². The van der Waals surface area contributed by atoms with E-state index in [1.165, 1.54) is 16.7 Å². The topological polar surface area (TPSA) is 49.3 Å². The van der Waals surface area contributed by atoms with E-state index in [1.807, 2.05) is 18.2 Å². The maximum Gasteiger partial charge on any atom is 0.306 e. The quantitative estimate of drug-likeness (QED) is 0.680. The number of aryl methyl sites for hydroxylation is 2. The normalized spacial score (nSPS) is 29.9. The summed E-state index contributed by atoms with van der Waals surface area (Å²) in [6.07, 6.45) is 5.70. The first-order valence-electron chi connectivity index (χ1n) is 10.5. The van der Waals surface area contributed by atoms with Crippen molar-refractivity contribution in [2.45, 2.75) is 50.5 Å². The number of carboxylic acid groups (broad SMARTS) is 1. The van der Waals surface area contributed by atoms with Crippen LogP contribution in [-0.2, 0) is 24.1 Å². The van der Waals surface area contributed by atoms with Gasteiger partial charge >= 0.3 is 5.97 Å². The Morgan fingerprint density at radius 1 is 1.14 bits per heavy atom. The molecule has 2 atom stereocenters. The summed E-state index contributed by atoms with van der Waals surface area (Å²) in [5, 5.41) is 14.4. The van der Waals surface area contributed by atoms with Crippen LogP contribution in [-0.4, -0.2) is 23.7 Å². The predicted molar refractivity (Wildman–Crippen MR) is 116 cm³/mol. The van der Waals surface area contributed by atoms with Crippen molar-refractivity contribution in [1.29, 1.82) is 0 Å². The highest BCUT2D eigenvalue weighted by molar-refractivity contribution is 6.35. The summed E-state index contributed by atoms with van der Waals surface area (Å²) in [6.45, 7) is 0.976. The van der Waals surface area contributed by atoms with E-state index in [0.717, 1.165) is 60.7 Å². The average molecular weight is 430 g/mol. The molecule has 5 heteroatoms. The Kier molecular flexibility index (Phi) is 4.89. The SMILES string of the molecule is O=C(O)C1CC2(CNC2C2CCc3cc(CCc4c(Cl)cccc4Cl)ccc32)C1. The first-order chi connectivity index (χ1) is 14.0. The molecule has 2 aromatic rings. The van der Waals surface area contributed by atoms with Crippen LogP contribution in [0.5, 0.6) is 0 Å². The molecule has 0 aromatic heterocycles. The minimum absolute atomic E-state index is 0.139. The smallest absolute Gasteiger partial charge is 0.306 e. The Hall–Kier alpha value is -1.55. The van der Waals surface area contributed by atoms with E-state index in [2.05, 4.69) is 23.5 Å². The lowest BCUT2D eigenvalue weighted by atomic mass is 9.51. The van der Waals surface area contributed by atoms with E-state index >= 15 is 0 Å². The summed E-state index contributed by atoms with van der Waals surface area (Å²) in [5.41, 5.74) is 5.48. The van der Waals surface area contributed by atoms with Crippen LogP contribution < -0.4 is 5.32 Å². The number of aliphatic carboxylic acids is 1. The third kappa shape index (κ3) is 3.28. The summed E-state index contributed by atoms with van der Waals surface area (Å²) in [7, 11) is 0. The van der Waals surface area contributed by atoms with Crippen LogP contribution in [0, 0.1) is 11.3 Å². The van der Waals surface area contributed by atoms with Crippen molar-refractivity contribution in [2.75, 3.05) is 6.54 Å². The van der Waals surface area contributed by atoms with Crippen LogP contribution in [0.15, 0.2) is 36.4 Å². The molecule has 2 aliphatic carbocycles. The number of hydrogen-bond acceptors (Lipinski definition) is 2. The number of carboxylic acids is 1. The second-order valence-corrected chi connectivity index (χ2v) is 9.86. The molecule has 2 fully saturated rings. The van der Waals surface area contributed by atoms with Crippen molar-refractivity contribution < 1.29 is 9.90 Å². The number of nitrogens with one attached hydrogen (secondary N) is 1. The summed E-state index contributed by atoms with van der Waals surface area (Å²) in [5.74, 6) is -0.253. The van der Waals surface area contributed by atoms with E-state index in [-0.39, 0.29) is 11.3 Å². The van der Waals surface area contributed by atoms with Gasteiger partial charge < -0.3 is 10.4 Å². The molecule has 1 heterocycles. The van der Waals surface area contributed by atoms with Gasteiger partial charge in [0, 0.05) is 34.0 Å². The van der Waals surface area contributed by atoms with E-state index in [0.29, 0.717) is 12.0 Å². The second kappa shape index (κ2) is 7.30. The van der Waals surface area contributed by atoms with Gasteiger partial charge in [-0.25, -0.2) is 0 Å². The number of fused-ring (bicyclic) bond motifs is 1. The molecule has 3 nitrogen and oxygen atoms in total. The summed E-state index contributed by atoms with van der Waals surface area (Å²) < 4.78 is 0. The van der Waals surface area contributed by atoms with E-state index in [4.69, 9.17) is 23.2 Å². The van der Waals surface area contributed by atoms with Crippen molar-refractivity contribution in [3.63, 3.8) is 0 Å². The molecule has 29 heavy (non-hydrogen) atoms. The van der Waals surface area contributed by atoms with Gasteiger partial charge in [-0.05, 0) is 72.9 Å². The highest BCUT2D eigenvalue weighted by Crippen LogP contribution is 2.57. The molecule has 2 unspecified atom stereocenters. The third-order valence-corrected chi connectivity index (χ3v) is 8.16. The Bertz CT molecular complexity index is 947. The summed E-state index contributed by atoms with van der Waals surface area (Å²) in [4.78, 5) is 11.2. The van der Waals surface area contributed by atoms with E-state index < -0.39 is 5.97 Å². The van der Waals surface area contributed by atoms with Gasteiger partial charge in [0.15, 0.2) is 0 Å². The zero-order chi connectivity index (χ0) is 20.2. The Labute approximate surface area is 181 Å². The molecule has 152 valence electrons. The molecule has 2 N–H and O–H groups in total. The monoisotopic (exact) mass is 429 g/mol. The molecule has 1 spiro atoms. The van der Waals surface area contributed by atoms with E-state index in [9.17, 15) is 9.90 Å². The predicted octanol–water partition coefficient (Wildman–Crippen LogP) is 5.26. The van der Waals surface area contributed by atoms with Crippen molar-refractivity contribution >= 4 is 29.2 Å². The van der Waals surface area contributed by atoms with E-state index in [1.54, 1.807) is 0 Å². The first-order valence-corrected chi connectivity index (χ1v) is 11.2. The number of rotatable bonds is 5. The van der Waals surface area contributed by atoms with Crippen LogP contribution >= 0.6 is 23.2 Å². The fourth-order valence-corrected chi connectivity index (χ4v) is 6.40. The third-order valence-electron chi connectivity index (χ3n) is 7.45. The molecule has 1 saturated carbocycles. The number of carbonyl (C=O) groups is 1. The molecule has 3 aliphatic rings. The van der Waals surface area contributed by atoms with Crippen LogP contribution in [0.2, 0.25) is 10.0 Å². The number of halogens is 2.